The van der Waals surface area contributed by atoms with Crippen LogP contribution in [0.25, 0.3) is 0 Å². The highest BCUT2D eigenvalue weighted by molar-refractivity contribution is 7.92. The molecule has 0 aliphatic rings. The van der Waals surface area contributed by atoms with E-state index in [0.717, 1.165) is 0 Å². The molecule has 68 valence electrons. The lowest BCUT2D eigenvalue weighted by Gasteiger charge is -1.97. The fourth-order valence-electron chi connectivity index (χ4n) is 0.543. The van der Waals surface area contributed by atoms with E-state index in [-0.39, 0.29) is 11.8 Å². The summed E-state index contributed by atoms with van der Waals surface area (Å²) < 4.78 is 28.8. The van der Waals surface area contributed by atoms with Crippen molar-refractivity contribution in [1.82, 2.24) is 10.2 Å². The van der Waals surface area contributed by atoms with Crippen molar-refractivity contribution < 1.29 is 12.8 Å². The Balaban J connectivity index is 2.77. The van der Waals surface area contributed by atoms with E-state index in [9.17, 15) is 8.42 Å². The molecular formula is C5H9N3O3S. The normalized spacial score (nSPS) is 11.5. The van der Waals surface area contributed by atoms with Gasteiger partial charge in [-0.15, -0.1) is 5.10 Å². The maximum atomic E-state index is 10.9. The van der Waals surface area contributed by atoms with Crippen LogP contribution in [0.4, 0.5) is 6.01 Å². The molecule has 0 atom stereocenters. The zero-order valence-electron chi connectivity index (χ0n) is 6.73. The average molecular weight is 191 g/mol. The number of hydrogen-bond donors (Lipinski definition) is 1. The quantitative estimate of drug-likeness (QED) is 0.734. The third-order valence-corrected chi connectivity index (χ3v) is 2.39. The molecule has 0 unspecified atom stereocenters. The molecule has 7 heteroatoms. The zero-order chi connectivity index (χ0) is 9.19. The molecule has 1 aromatic rings. The maximum Gasteiger partial charge on any atom is 0.329 e. The highest BCUT2D eigenvalue weighted by atomic mass is 32.2. The maximum absolute atomic E-state index is 10.9. The first-order valence-corrected chi connectivity index (χ1v) is 4.99. The van der Waals surface area contributed by atoms with Crippen molar-refractivity contribution in [3.8, 4) is 0 Å². The summed E-state index contributed by atoms with van der Waals surface area (Å²) in [6.07, 6.45) is 0. The zero-order valence-corrected chi connectivity index (χ0v) is 7.55. The van der Waals surface area contributed by atoms with Crippen LogP contribution < -0.4 is 4.72 Å². The van der Waals surface area contributed by atoms with Crippen molar-refractivity contribution in [2.75, 3.05) is 10.5 Å². The van der Waals surface area contributed by atoms with Gasteiger partial charge in [-0.2, -0.15) is 0 Å². The van der Waals surface area contributed by atoms with E-state index in [1.807, 2.05) is 0 Å². The van der Waals surface area contributed by atoms with Gasteiger partial charge in [-0.1, -0.05) is 5.10 Å². The van der Waals surface area contributed by atoms with Crippen LogP contribution in [0.5, 0.6) is 0 Å². The van der Waals surface area contributed by atoms with E-state index in [4.69, 9.17) is 4.42 Å². The van der Waals surface area contributed by atoms with Gasteiger partial charge in [0.25, 0.3) is 0 Å². The minimum atomic E-state index is -3.31. The fourth-order valence-corrected chi connectivity index (χ4v) is 1.04. The van der Waals surface area contributed by atoms with Gasteiger partial charge in [-0.25, -0.2) is 13.1 Å². The van der Waals surface area contributed by atoms with Crippen LogP contribution in [-0.2, 0) is 10.0 Å². The first-order chi connectivity index (χ1) is 5.53. The molecule has 0 spiro atoms. The highest BCUT2D eigenvalue weighted by Crippen LogP contribution is 2.05. The van der Waals surface area contributed by atoms with Gasteiger partial charge < -0.3 is 4.42 Å². The van der Waals surface area contributed by atoms with Gasteiger partial charge in [0, 0.05) is 6.92 Å². The monoisotopic (exact) mass is 191 g/mol. The molecule has 0 fully saturated rings. The van der Waals surface area contributed by atoms with Crippen LogP contribution in [0.1, 0.15) is 12.8 Å². The number of hydrogen-bond acceptors (Lipinski definition) is 5. The lowest BCUT2D eigenvalue weighted by atomic mass is 10.8. The number of sulfonamides is 1. The Morgan fingerprint density at radius 1 is 1.50 bits per heavy atom. The van der Waals surface area contributed by atoms with Crippen LogP contribution in [0.15, 0.2) is 4.42 Å². The van der Waals surface area contributed by atoms with E-state index >= 15 is 0 Å². The molecule has 6 nitrogen and oxygen atoms in total. The molecule has 0 bridgehead atoms. The number of aromatic nitrogens is 2. The molecule has 0 radical (unpaired) electrons. The minimum Gasteiger partial charge on any atom is -0.408 e. The molecule has 1 N–H and O–H groups in total. The van der Waals surface area contributed by atoms with Gasteiger partial charge in [0.2, 0.25) is 15.9 Å². The first kappa shape index (κ1) is 8.98. The van der Waals surface area contributed by atoms with Crippen LogP contribution in [0.2, 0.25) is 0 Å². The summed E-state index contributed by atoms with van der Waals surface area (Å²) in [5.74, 6) is 0.304. The number of nitrogens with zero attached hydrogens (tertiary/aromatic N) is 2. The summed E-state index contributed by atoms with van der Waals surface area (Å²) in [5.41, 5.74) is 0. The smallest absolute Gasteiger partial charge is 0.329 e. The Morgan fingerprint density at radius 3 is 2.58 bits per heavy atom. The number of aryl methyl sites for hydroxylation is 1. The number of anilines is 1. The van der Waals surface area contributed by atoms with Crippen molar-refractivity contribution in [3.63, 3.8) is 0 Å². The predicted molar refractivity (Wildman–Crippen MR) is 42.1 cm³/mol. The summed E-state index contributed by atoms with van der Waals surface area (Å²) in [6.45, 7) is 3.10. The topological polar surface area (TPSA) is 85.1 Å². The highest BCUT2D eigenvalue weighted by Gasteiger charge is 2.10. The molecule has 0 aliphatic heterocycles. The third-order valence-electron chi connectivity index (χ3n) is 1.15. The Labute approximate surface area is 70.0 Å². The Hall–Kier alpha value is -1.11. The molecule has 0 saturated carbocycles. The van der Waals surface area contributed by atoms with Crippen molar-refractivity contribution in [3.05, 3.63) is 5.89 Å². The molecule has 12 heavy (non-hydrogen) atoms. The minimum absolute atomic E-state index is 0.0194. The van der Waals surface area contributed by atoms with E-state index in [1.165, 1.54) is 6.92 Å². The Bertz CT molecular complexity index is 356. The summed E-state index contributed by atoms with van der Waals surface area (Å²) in [5, 5.41) is 6.93. The predicted octanol–water partition coefficient (Wildman–Crippen LogP) is 0.140. The molecule has 0 saturated heterocycles. The summed E-state index contributed by atoms with van der Waals surface area (Å²) in [6, 6.07) is -0.0886. The molecule has 0 amide bonds. The second-order valence-corrected chi connectivity index (χ2v) is 4.14. The molecule has 0 aromatic carbocycles. The summed E-state index contributed by atoms with van der Waals surface area (Å²) in [7, 11) is -3.31. The average Bonchev–Trinajstić information content (AvgIpc) is 2.35. The van der Waals surface area contributed by atoms with E-state index in [0.29, 0.717) is 5.89 Å². The second kappa shape index (κ2) is 3.10. The largest absolute Gasteiger partial charge is 0.408 e. The van der Waals surface area contributed by atoms with Crippen LogP contribution in [-0.4, -0.2) is 24.4 Å². The molecule has 1 heterocycles. The van der Waals surface area contributed by atoms with Crippen molar-refractivity contribution in [2.45, 2.75) is 13.8 Å². The van der Waals surface area contributed by atoms with Crippen molar-refractivity contribution in [2.24, 2.45) is 0 Å². The molecule has 1 aromatic heterocycles. The van der Waals surface area contributed by atoms with Crippen LogP contribution >= 0.6 is 0 Å². The van der Waals surface area contributed by atoms with Gasteiger partial charge in [0.15, 0.2) is 0 Å². The fraction of sp³-hybridized carbons (Fsp3) is 0.600. The van der Waals surface area contributed by atoms with E-state index in [1.54, 1.807) is 6.92 Å². The second-order valence-electron chi connectivity index (χ2n) is 2.13. The van der Waals surface area contributed by atoms with Gasteiger partial charge in [-0.05, 0) is 6.92 Å². The standard InChI is InChI=1S/C5H9N3O3S/c1-3-12(9,10)8-5-7-6-4(2)11-5/h3H2,1-2H3,(H,7,8). The lowest BCUT2D eigenvalue weighted by molar-refractivity contribution is 0.534. The van der Waals surface area contributed by atoms with Crippen LogP contribution in [0.3, 0.4) is 0 Å². The van der Waals surface area contributed by atoms with E-state index in [2.05, 4.69) is 14.9 Å². The first-order valence-electron chi connectivity index (χ1n) is 3.34. The van der Waals surface area contributed by atoms with Gasteiger partial charge in [0.1, 0.15) is 0 Å². The van der Waals surface area contributed by atoms with Gasteiger partial charge >= 0.3 is 6.01 Å². The van der Waals surface area contributed by atoms with Crippen molar-refractivity contribution >= 4 is 16.0 Å². The van der Waals surface area contributed by atoms with Crippen LogP contribution in [0, 0.1) is 6.92 Å². The van der Waals surface area contributed by atoms with Gasteiger partial charge in [0.05, 0.1) is 5.75 Å². The third kappa shape index (κ3) is 2.19. The Morgan fingerprint density at radius 2 is 2.17 bits per heavy atom. The number of nitrogens with one attached hydrogen (secondary N) is 1. The van der Waals surface area contributed by atoms with Gasteiger partial charge in [-0.3, -0.25) is 0 Å². The summed E-state index contributed by atoms with van der Waals surface area (Å²) >= 11 is 0. The molecular weight excluding hydrogens is 182 g/mol. The SMILES string of the molecule is CCS(=O)(=O)Nc1nnc(C)o1. The molecule has 0 aliphatic carbocycles. The van der Waals surface area contributed by atoms with Crippen molar-refractivity contribution in [1.29, 1.82) is 0 Å². The Kier molecular flexibility index (Phi) is 2.32. The molecule has 1 rings (SSSR count). The lowest BCUT2D eigenvalue weighted by Crippen LogP contribution is -2.14. The van der Waals surface area contributed by atoms with E-state index < -0.39 is 10.0 Å². The summed E-state index contributed by atoms with van der Waals surface area (Å²) in [4.78, 5) is 0. The number of rotatable bonds is 3.